The second kappa shape index (κ2) is 5.57. The number of aryl methyl sites for hydroxylation is 1. The largest absolute Gasteiger partial charge is 0.468 e. The number of esters is 1. The number of halogens is 1. The third kappa shape index (κ3) is 3.77. The maximum absolute atomic E-state index is 10.8. The summed E-state index contributed by atoms with van der Waals surface area (Å²) in [7, 11) is 1.35. The summed E-state index contributed by atoms with van der Waals surface area (Å²) >= 11 is 3.41. The molecule has 0 spiro atoms. The van der Waals surface area contributed by atoms with Crippen LogP contribution in [0.25, 0.3) is 0 Å². The van der Waals surface area contributed by atoms with E-state index in [1.807, 2.05) is 25.1 Å². The first-order valence-electron chi connectivity index (χ1n) is 4.45. The van der Waals surface area contributed by atoms with Gasteiger partial charge in [0, 0.05) is 10.0 Å². The van der Waals surface area contributed by atoms with E-state index in [1.165, 1.54) is 7.11 Å². The summed E-state index contributed by atoms with van der Waals surface area (Å²) in [5, 5.41) is 0. The molecule has 0 N–H and O–H groups in total. The first kappa shape index (κ1) is 11.8. The van der Waals surface area contributed by atoms with Gasteiger partial charge in [0.15, 0.2) is 0 Å². The minimum Gasteiger partial charge on any atom is -0.468 e. The smallest absolute Gasteiger partial charge is 0.317 e. The van der Waals surface area contributed by atoms with E-state index in [9.17, 15) is 4.79 Å². The van der Waals surface area contributed by atoms with E-state index in [1.54, 1.807) is 0 Å². The highest BCUT2D eigenvalue weighted by atomic mass is 79.9. The normalized spacial score (nSPS) is 9.00. The van der Waals surface area contributed by atoms with Gasteiger partial charge in [-0.2, -0.15) is 0 Å². The molecule has 0 unspecified atom stereocenters. The topological polar surface area (TPSA) is 26.3 Å². The van der Waals surface area contributed by atoms with Crippen LogP contribution in [0, 0.1) is 18.8 Å². The number of methoxy groups -OCH3 is 1. The second-order valence-corrected chi connectivity index (χ2v) is 3.87. The number of hydrogen-bond donors (Lipinski definition) is 0. The number of hydrogen-bond acceptors (Lipinski definition) is 2. The molecule has 1 rings (SSSR count). The maximum Gasteiger partial charge on any atom is 0.317 e. The Morgan fingerprint density at radius 3 is 2.87 bits per heavy atom. The minimum atomic E-state index is -0.309. The average Bonchev–Trinajstić information content (AvgIpc) is 2.23. The van der Waals surface area contributed by atoms with E-state index < -0.39 is 0 Å². The van der Waals surface area contributed by atoms with Gasteiger partial charge in [-0.1, -0.05) is 27.8 Å². The molecule has 0 heterocycles. The van der Waals surface area contributed by atoms with Crippen molar-refractivity contribution in [2.24, 2.45) is 0 Å². The fraction of sp³-hybridized carbons (Fsp3) is 0.250. The molecule has 0 bridgehead atoms. The predicted molar refractivity (Wildman–Crippen MR) is 62.4 cm³/mol. The number of rotatable bonds is 1. The summed E-state index contributed by atoms with van der Waals surface area (Å²) in [6.07, 6.45) is 0.131. The number of ether oxygens (including phenoxy) is 1. The summed E-state index contributed by atoms with van der Waals surface area (Å²) < 4.78 is 5.54. The molecule has 15 heavy (non-hydrogen) atoms. The van der Waals surface area contributed by atoms with E-state index in [4.69, 9.17) is 0 Å². The average molecular weight is 267 g/mol. The molecule has 0 saturated heterocycles. The van der Waals surface area contributed by atoms with Crippen molar-refractivity contribution >= 4 is 21.9 Å². The van der Waals surface area contributed by atoms with Crippen molar-refractivity contribution in [2.75, 3.05) is 7.11 Å². The van der Waals surface area contributed by atoms with Crippen molar-refractivity contribution in [1.82, 2.24) is 0 Å². The molecule has 78 valence electrons. The molecule has 3 heteroatoms. The molecule has 0 fully saturated rings. The quantitative estimate of drug-likeness (QED) is 0.577. The fourth-order valence-corrected chi connectivity index (χ4v) is 1.26. The van der Waals surface area contributed by atoms with E-state index in [2.05, 4.69) is 32.5 Å². The highest BCUT2D eigenvalue weighted by Gasteiger charge is 1.95. The van der Waals surface area contributed by atoms with Crippen LogP contribution in [0.15, 0.2) is 22.7 Å². The summed E-state index contributed by atoms with van der Waals surface area (Å²) in [6, 6.07) is 5.81. The Labute approximate surface area is 97.8 Å². The molecule has 0 amide bonds. The van der Waals surface area contributed by atoms with Crippen molar-refractivity contribution in [1.29, 1.82) is 0 Å². The van der Waals surface area contributed by atoms with Gasteiger partial charge in [-0.05, 0) is 30.7 Å². The van der Waals surface area contributed by atoms with Crippen LogP contribution in [0.2, 0.25) is 0 Å². The SMILES string of the molecule is COC(=O)CC#Cc1ccc(Br)c(C)c1. The van der Waals surface area contributed by atoms with Crippen LogP contribution in [0.5, 0.6) is 0 Å². The Bertz CT molecular complexity index is 427. The van der Waals surface area contributed by atoms with Crippen LogP contribution in [0.4, 0.5) is 0 Å². The van der Waals surface area contributed by atoms with Crippen molar-refractivity contribution < 1.29 is 9.53 Å². The second-order valence-electron chi connectivity index (χ2n) is 3.02. The van der Waals surface area contributed by atoms with Gasteiger partial charge in [-0.3, -0.25) is 4.79 Å². The molecule has 2 nitrogen and oxygen atoms in total. The predicted octanol–water partition coefficient (Wildman–Crippen LogP) is 2.67. The van der Waals surface area contributed by atoms with Gasteiger partial charge in [-0.15, -0.1) is 0 Å². The lowest BCUT2D eigenvalue weighted by atomic mass is 10.1. The van der Waals surface area contributed by atoms with Crippen molar-refractivity contribution in [2.45, 2.75) is 13.3 Å². The van der Waals surface area contributed by atoms with Crippen LogP contribution in [0.1, 0.15) is 17.5 Å². The molecule has 0 radical (unpaired) electrons. The molecule has 0 saturated carbocycles. The molecular weight excluding hydrogens is 256 g/mol. The molecule has 0 aliphatic heterocycles. The third-order valence-electron chi connectivity index (χ3n) is 1.85. The fourth-order valence-electron chi connectivity index (χ4n) is 1.01. The van der Waals surface area contributed by atoms with Gasteiger partial charge in [0.05, 0.1) is 7.11 Å². The zero-order valence-corrected chi connectivity index (χ0v) is 10.2. The van der Waals surface area contributed by atoms with E-state index >= 15 is 0 Å². The molecular formula is C12H11BrO2. The zero-order chi connectivity index (χ0) is 11.3. The van der Waals surface area contributed by atoms with Crippen LogP contribution >= 0.6 is 15.9 Å². The Hall–Kier alpha value is -1.27. The number of benzene rings is 1. The van der Waals surface area contributed by atoms with Gasteiger partial charge < -0.3 is 4.74 Å². The molecule has 0 atom stereocenters. The Kier molecular flexibility index (Phi) is 4.38. The highest BCUT2D eigenvalue weighted by molar-refractivity contribution is 9.10. The van der Waals surface area contributed by atoms with Crippen molar-refractivity contribution in [3.05, 3.63) is 33.8 Å². The summed E-state index contributed by atoms with van der Waals surface area (Å²) in [5.41, 5.74) is 2.03. The minimum absolute atomic E-state index is 0.131. The van der Waals surface area contributed by atoms with Gasteiger partial charge in [0.1, 0.15) is 6.42 Å². The number of carbonyl (C=O) groups excluding carboxylic acids is 1. The molecule has 1 aromatic carbocycles. The monoisotopic (exact) mass is 266 g/mol. The number of carbonyl (C=O) groups is 1. The molecule has 0 aliphatic carbocycles. The van der Waals surface area contributed by atoms with Gasteiger partial charge >= 0.3 is 5.97 Å². The maximum atomic E-state index is 10.8. The van der Waals surface area contributed by atoms with E-state index in [0.29, 0.717) is 0 Å². The van der Waals surface area contributed by atoms with E-state index in [0.717, 1.165) is 15.6 Å². The Morgan fingerprint density at radius 2 is 2.27 bits per heavy atom. The van der Waals surface area contributed by atoms with Gasteiger partial charge in [0.2, 0.25) is 0 Å². The van der Waals surface area contributed by atoms with Gasteiger partial charge in [-0.25, -0.2) is 0 Å². The molecule has 0 aromatic heterocycles. The zero-order valence-electron chi connectivity index (χ0n) is 8.63. The van der Waals surface area contributed by atoms with Crippen molar-refractivity contribution in [3.8, 4) is 11.8 Å². The lowest BCUT2D eigenvalue weighted by Gasteiger charge is -1.97. The third-order valence-corrected chi connectivity index (χ3v) is 2.74. The lowest BCUT2D eigenvalue weighted by Crippen LogP contribution is -1.97. The summed E-state index contributed by atoms with van der Waals surface area (Å²) in [6.45, 7) is 2.00. The van der Waals surface area contributed by atoms with Crippen molar-refractivity contribution in [3.63, 3.8) is 0 Å². The molecule has 0 aliphatic rings. The summed E-state index contributed by atoms with van der Waals surface area (Å²) in [4.78, 5) is 10.8. The van der Waals surface area contributed by atoms with Crippen LogP contribution in [0.3, 0.4) is 0 Å². The van der Waals surface area contributed by atoms with Crippen LogP contribution in [-0.2, 0) is 9.53 Å². The highest BCUT2D eigenvalue weighted by Crippen LogP contribution is 2.16. The van der Waals surface area contributed by atoms with E-state index in [-0.39, 0.29) is 12.4 Å². The molecule has 1 aromatic rings. The Balaban J connectivity index is 2.72. The first-order chi connectivity index (χ1) is 7.13. The Morgan fingerprint density at radius 1 is 1.53 bits per heavy atom. The van der Waals surface area contributed by atoms with Gasteiger partial charge in [0.25, 0.3) is 0 Å². The standard InChI is InChI=1S/C12H11BrO2/c1-9-8-10(6-7-11(9)13)4-3-5-12(14)15-2/h6-8H,5H2,1-2H3. The lowest BCUT2D eigenvalue weighted by molar-refractivity contribution is -0.139. The van der Waals surface area contributed by atoms with Crippen LogP contribution in [-0.4, -0.2) is 13.1 Å². The van der Waals surface area contributed by atoms with Crippen LogP contribution < -0.4 is 0 Å². The first-order valence-corrected chi connectivity index (χ1v) is 5.24. The summed E-state index contributed by atoms with van der Waals surface area (Å²) in [5.74, 6) is 5.36.